The van der Waals surface area contributed by atoms with Crippen LogP contribution in [0.2, 0.25) is 10.0 Å². The molecule has 34 heavy (non-hydrogen) atoms. The number of halogens is 2. The first kappa shape index (κ1) is 22.6. The molecule has 0 atom stereocenters. The van der Waals surface area contributed by atoms with Crippen molar-refractivity contribution in [3.63, 3.8) is 0 Å². The van der Waals surface area contributed by atoms with Gasteiger partial charge in [0.15, 0.2) is 5.17 Å². The number of nitrogens with zero attached hydrogens (tertiary/aromatic N) is 2. The maximum absolute atomic E-state index is 12.7. The molecule has 0 aliphatic carbocycles. The van der Waals surface area contributed by atoms with E-state index in [1.54, 1.807) is 13.2 Å². The van der Waals surface area contributed by atoms with Crippen LogP contribution in [-0.2, 0) is 11.3 Å². The minimum atomic E-state index is -0.171. The number of ether oxygens (including phenoxy) is 1. The molecule has 1 fully saturated rings. The van der Waals surface area contributed by atoms with Gasteiger partial charge in [-0.05, 0) is 65.9 Å². The van der Waals surface area contributed by atoms with Crippen molar-refractivity contribution in [2.75, 3.05) is 7.11 Å². The zero-order valence-electron chi connectivity index (χ0n) is 18.1. The molecule has 0 bridgehead atoms. The predicted molar refractivity (Wildman–Crippen MR) is 141 cm³/mol. The molecular weight excluding hydrogens is 489 g/mol. The normalized spacial score (nSPS) is 15.9. The number of carbonyl (C=O) groups is 1. The van der Waals surface area contributed by atoms with E-state index >= 15 is 0 Å². The molecular formula is C26H19Cl2N3O2S. The molecule has 1 saturated heterocycles. The average molecular weight is 508 g/mol. The van der Waals surface area contributed by atoms with Gasteiger partial charge in [0.2, 0.25) is 0 Å². The van der Waals surface area contributed by atoms with Crippen LogP contribution in [0, 0.1) is 0 Å². The number of carbonyl (C=O) groups excluding carboxylic acids is 1. The topological polar surface area (TPSA) is 55.6 Å². The third-order valence-corrected chi connectivity index (χ3v) is 6.91. The number of benzene rings is 3. The summed E-state index contributed by atoms with van der Waals surface area (Å²) in [5.41, 5.74) is 3.70. The summed E-state index contributed by atoms with van der Waals surface area (Å²) < 4.78 is 7.30. The Morgan fingerprint density at radius 3 is 2.65 bits per heavy atom. The second kappa shape index (κ2) is 9.58. The molecule has 170 valence electrons. The first-order valence-electron chi connectivity index (χ1n) is 10.5. The van der Waals surface area contributed by atoms with Crippen molar-refractivity contribution >= 4 is 68.7 Å². The number of aliphatic imine (C=N–C) groups is 1. The summed E-state index contributed by atoms with van der Waals surface area (Å²) in [5.74, 6) is 0.582. The van der Waals surface area contributed by atoms with Gasteiger partial charge >= 0.3 is 0 Å². The van der Waals surface area contributed by atoms with E-state index in [0.717, 1.165) is 33.5 Å². The highest BCUT2D eigenvalue weighted by molar-refractivity contribution is 8.18. The number of hydrogen-bond acceptors (Lipinski definition) is 4. The summed E-state index contributed by atoms with van der Waals surface area (Å²) >= 11 is 13.8. The Hall–Kier alpha value is -3.19. The summed E-state index contributed by atoms with van der Waals surface area (Å²) in [4.78, 5) is 17.8. The van der Waals surface area contributed by atoms with Crippen LogP contribution in [0.1, 0.15) is 11.1 Å². The van der Waals surface area contributed by atoms with Crippen molar-refractivity contribution in [2.45, 2.75) is 6.54 Å². The lowest BCUT2D eigenvalue weighted by atomic mass is 10.1. The zero-order valence-corrected chi connectivity index (χ0v) is 20.4. The van der Waals surface area contributed by atoms with Gasteiger partial charge in [0.05, 0.1) is 17.7 Å². The largest absolute Gasteiger partial charge is 0.497 e. The van der Waals surface area contributed by atoms with Gasteiger partial charge in [-0.3, -0.25) is 4.79 Å². The van der Waals surface area contributed by atoms with Crippen molar-refractivity contribution in [3.8, 4) is 5.75 Å². The lowest BCUT2D eigenvalue weighted by Gasteiger charge is -2.08. The quantitative estimate of drug-likeness (QED) is 0.299. The van der Waals surface area contributed by atoms with Crippen molar-refractivity contribution in [1.82, 2.24) is 9.88 Å². The van der Waals surface area contributed by atoms with E-state index < -0.39 is 0 Å². The Kier molecular flexibility index (Phi) is 6.37. The van der Waals surface area contributed by atoms with Crippen LogP contribution in [-0.4, -0.2) is 22.8 Å². The number of methoxy groups -OCH3 is 1. The monoisotopic (exact) mass is 507 g/mol. The number of thioether (sulfide) groups is 1. The number of fused-ring (bicyclic) bond motifs is 1. The van der Waals surface area contributed by atoms with Crippen molar-refractivity contribution in [2.24, 2.45) is 4.99 Å². The van der Waals surface area contributed by atoms with Crippen LogP contribution in [0.15, 0.2) is 82.8 Å². The van der Waals surface area contributed by atoms with E-state index in [1.165, 1.54) is 11.8 Å². The van der Waals surface area contributed by atoms with Gasteiger partial charge < -0.3 is 14.6 Å². The van der Waals surface area contributed by atoms with Crippen LogP contribution in [0.5, 0.6) is 5.75 Å². The number of amidine groups is 1. The minimum absolute atomic E-state index is 0.171. The summed E-state index contributed by atoms with van der Waals surface area (Å²) in [6.45, 7) is 0.587. The lowest BCUT2D eigenvalue weighted by Crippen LogP contribution is -2.19. The average Bonchev–Trinajstić information content (AvgIpc) is 3.36. The molecule has 0 saturated carbocycles. The van der Waals surface area contributed by atoms with Crippen LogP contribution in [0.3, 0.4) is 0 Å². The molecule has 1 amide bonds. The molecule has 5 rings (SSSR count). The van der Waals surface area contributed by atoms with Gasteiger partial charge in [-0.2, -0.15) is 0 Å². The summed E-state index contributed by atoms with van der Waals surface area (Å²) in [6.07, 6.45) is 3.94. The van der Waals surface area contributed by atoms with Crippen LogP contribution in [0.25, 0.3) is 17.0 Å². The zero-order chi connectivity index (χ0) is 23.7. The molecule has 3 aromatic carbocycles. The van der Waals surface area contributed by atoms with Gasteiger partial charge in [0.1, 0.15) is 5.75 Å². The lowest BCUT2D eigenvalue weighted by molar-refractivity contribution is -0.115. The Morgan fingerprint density at radius 2 is 1.88 bits per heavy atom. The van der Waals surface area contributed by atoms with Crippen LogP contribution in [0.4, 0.5) is 5.69 Å². The van der Waals surface area contributed by atoms with Crippen molar-refractivity contribution in [3.05, 3.63) is 99.0 Å². The Labute approximate surface area is 211 Å². The van der Waals surface area contributed by atoms with Crippen LogP contribution >= 0.6 is 35.0 Å². The second-order valence-corrected chi connectivity index (χ2v) is 9.52. The molecule has 2 heterocycles. The number of aromatic nitrogens is 1. The number of rotatable bonds is 5. The van der Waals surface area contributed by atoms with Gasteiger partial charge in [-0.25, -0.2) is 4.99 Å². The van der Waals surface area contributed by atoms with Gasteiger partial charge in [0, 0.05) is 39.3 Å². The SMILES string of the molecule is COc1ccc(N=C2NC(=O)C(=Cc3cn(Cc4ccc(Cl)cc4Cl)c4ccccc34)S2)cc1. The van der Waals surface area contributed by atoms with Gasteiger partial charge in [-0.15, -0.1) is 0 Å². The van der Waals surface area contributed by atoms with E-state index in [0.29, 0.717) is 26.7 Å². The van der Waals surface area contributed by atoms with E-state index in [2.05, 4.69) is 20.9 Å². The molecule has 8 heteroatoms. The summed E-state index contributed by atoms with van der Waals surface area (Å²) in [6, 6.07) is 20.9. The van der Waals surface area contributed by atoms with Gasteiger partial charge in [0.25, 0.3) is 5.91 Å². The molecule has 5 nitrogen and oxygen atoms in total. The second-order valence-electron chi connectivity index (χ2n) is 7.64. The maximum atomic E-state index is 12.7. The van der Waals surface area contributed by atoms with E-state index in [4.69, 9.17) is 27.9 Å². The van der Waals surface area contributed by atoms with Gasteiger partial charge in [-0.1, -0.05) is 47.5 Å². The Bertz CT molecular complexity index is 1460. The smallest absolute Gasteiger partial charge is 0.264 e. The number of para-hydroxylation sites is 1. The van der Waals surface area contributed by atoms with E-state index in [9.17, 15) is 4.79 Å². The minimum Gasteiger partial charge on any atom is -0.497 e. The number of nitrogens with one attached hydrogen (secondary N) is 1. The van der Waals surface area contributed by atoms with Crippen molar-refractivity contribution < 1.29 is 9.53 Å². The Morgan fingerprint density at radius 1 is 1.09 bits per heavy atom. The highest BCUT2D eigenvalue weighted by Gasteiger charge is 2.24. The fourth-order valence-corrected chi connectivity index (χ4v) is 5.05. The first-order valence-corrected chi connectivity index (χ1v) is 12.0. The highest BCUT2D eigenvalue weighted by Crippen LogP contribution is 2.32. The molecule has 1 aliphatic rings. The molecule has 1 aliphatic heterocycles. The summed E-state index contributed by atoms with van der Waals surface area (Å²) in [5, 5.41) is 5.66. The van der Waals surface area contributed by atoms with E-state index in [1.807, 2.05) is 66.9 Å². The molecule has 0 unspecified atom stereocenters. The molecule has 1 N–H and O–H groups in total. The molecule has 0 spiro atoms. The first-order chi connectivity index (χ1) is 16.5. The molecule has 0 radical (unpaired) electrons. The maximum Gasteiger partial charge on any atom is 0.264 e. The predicted octanol–water partition coefficient (Wildman–Crippen LogP) is 6.90. The summed E-state index contributed by atoms with van der Waals surface area (Å²) in [7, 11) is 1.62. The van der Waals surface area contributed by atoms with Crippen molar-refractivity contribution in [1.29, 1.82) is 0 Å². The molecule has 4 aromatic rings. The van der Waals surface area contributed by atoms with E-state index in [-0.39, 0.29) is 5.91 Å². The molecule has 1 aromatic heterocycles. The van der Waals surface area contributed by atoms with Crippen LogP contribution < -0.4 is 10.1 Å². The third-order valence-electron chi connectivity index (χ3n) is 5.42. The standard InChI is InChI=1S/C26H19Cl2N3O2S/c1-33-20-10-8-19(9-11-20)29-26-30-25(32)24(34-26)12-17-15-31(23-5-3-2-4-21(17)23)14-16-6-7-18(27)13-22(16)28/h2-13,15H,14H2,1H3,(H,29,30,32). The fourth-order valence-electron chi connectivity index (χ4n) is 3.75. The third kappa shape index (κ3) is 4.71. The highest BCUT2D eigenvalue weighted by atomic mass is 35.5. The number of amides is 1. The fraction of sp³-hybridized carbons (Fsp3) is 0.0769. The number of hydrogen-bond donors (Lipinski definition) is 1. The Balaban J connectivity index is 1.45.